The molecule has 0 amide bonds. The van der Waals surface area contributed by atoms with E-state index < -0.39 is 0 Å². The Morgan fingerprint density at radius 2 is 1.80 bits per heavy atom. The van der Waals surface area contributed by atoms with Gasteiger partial charge in [-0.25, -0.2) is 0 Å². The minimum Gasteiger partial charge on any atom is -0.0836 e. The Balaban J connectivity index is 2.59. The molecule has 1 radical (unpaired) electrons. The van der Waals surface area contributed by atoms with Crippen LogP contribution in [0.25, 0.3) is 11.1 Å². The van der Waals surface area contributed by atoms with Crippen molar-refractivity contribution in [2.24, 2.45) is 0 Å². The van der Waals surface area contributed by atoms with Gasteiger partial charge in [-0.1, -0.05) is 59.1 Å². The molecule has 0 unspecified atom stereocenters. The van der Waals surface area contributed by atoms with E-state index in [4.69, 9.17) is 34.8 Å². The maximum Gasteiger partial charge on any atom is 0.0670 e. The molecule has 0 N–H and O–H groups in total. The Morgan fingerprint density at radius 1 is 1.00 bits per heavy atom. The van der Waals surface area contributed by atoms with Crippen LogP contribution in [0.4, 0.5) is 0 Å². The van der Waals surface area contributed by atoms with Crippen LogP contribution in [0.15, 0.2) is 36.4 Å². The van der Waals surface area contributed by atoms with Crippen LogP contribution in [-0.4, -0.2) is 0 Å². The third kappa shape index (κ3) is 2.28. The van der Waals surface area contributed by atoms with Crippen molar-refractivity contribution >= 4 is 34.8 Å². The summed E-state index contributed by atoms with van der Waals surface area (Å²) >= 11 is 17.9. The standard InChI is InChI=1S/C12H6Cl3/c13-9-4-1-3-8(7-9)10-5-2-6-11(14)12(10)15/h1-3,5-7H. The summed E-state index contributed by atoms with van der Waals surface area (Å²) in [7, 11) is 0. The van der Waals surface area contributed by atoms with E-state index in [0.717, 1.165) is 11.1 Å². The SMILES string of the molecule is Clc1[c]ccc(-c2cccc(Cl)c2Cl)c1. The highest BCUT2D eigenvalue weighted by molar-refractivity contribution is 6.43. The van der Waals surface area contributed by atoms with Crippen molar-refractivity contribution in [2.45, 2.75) is 0 Å². The van der Waals surface area contributed by atoms with Crippen LogP contribution in [0.2, 0.25) is 15.1 Å². The molecule has 0 nitrogen and oxygen atoms in total. The molecule has 2 rings (SSSR count). The van der Waals surface area contributed by atoms with Crippen molar-refractivity contribution in [3.63, 3.8) is 0 Å². The van der Waals surface area contributed by atoms with Gasteiger partial charge in [0.15, 0.2) is 0 Å². The van der Waals surface area contributed by atoms with Gasteiger partial charge in [0.05, 0.1) is 10.0 Å². The molecule has 0 atom stereocenters. The highest BCUT2D eigenvalue weighted by Gasteiger charge is 2.06. The monoisotopic (exact) mass is 255 g/mol. The zero-order valence-electron chi connectivity index (χ0n) is 7.60. The normalized spacial score (nSPS) is 10.3. The first-order valence-corrected chi connectivity index (χ1v) is 5.43. The molecule has 0 saturated heterocycles. The molecule has 0 saturated carbocycles. The fourth-order valence-electron chi connectivity index (χ4n) is 1.33. The first kappa shape index (κ1) is 10.8. The maximum absolute atomic E-state index is 6.09. The number of hydrogen-bond acceptors (Lipinski definition) is 0. The van der Waals surface area contributed by atoms with Crippen molar-refractivity contribution in [2.75, 3.05) is 0 Å². The molecule has 0 heterocycles. The van der Waals surface area contributed by atoms with Gasteiger partial charge in [0.2, 0.25) is 0 Å². The lowest BCUT2D eigenvalue weighted by Gasteiger charge is -2.05. The molecule has 0 aliphatic heterocycles. The van der Waals surface area contributed by atoms with Gasteiger partial charge < -0.3 is 0 Å². The van der Waals surface area contributed by atoms with Crippen LogP contribution >= 0.6 is 34.8 Å². The van der Waals surface area contributed by atoms with Crippen LogP contribution < -0.4 is 0 Å². The molecule has 2 aromatic carbocycles. The average molecular weight is 257 g/mol. The first-order valence-electron chi connectivity index (χ1n) is 4.30. The lowest BCUT2D eigenvalue weighted by atomic mass is 10.1. The molecule has 0 aromatic heterocycles. The van der Waals surface area contributed by atoms with Gasteiger partial charge in [0.25, 0.3) is 0 Å². The van der Waals surface area contributed by atoms with E-state index >= 15 is 0 Å². The van der Waals surface area contributed by atoms with E-state index in [0.29, 0.717) is 15.1 Å². The third-order valence-electron chi connectivity index (χ3n) is 2.03. The number of rotatable bonds is 1. The number of halogens is 3. The number of benzene rings is 2. The van der Waals surface area contributed by atoms with E-state index in [2.05, 4.69) is 6.07 Å². The summed E-state index contributed by atoms with van der Waals surface area (Å²) in [5.74, 6) is 0. The van der Waals surface area contributed by atoms with Crippen LogP contribution in [0.3, 0.4) is 0 Å². The second-order valence-corrected chi connectivity index (χ2v) is 4.22. The molecule has 0 aliphatic rings. The highest BCUT2D eigenvalue weighted by atomic mass is 35.5. The average Bonchev–Trinajstić information content (AvgIpc) is 2.22. The van der Waals surface area contributed by atoms with Crippen molar-refractivity contribution < 1.29 is 0 Å². The lowest BCUT2D eigenvalue weighted by molar-refractivity contribution is 1.61. The summed E-state index contributed by atoms with van der Waals surface area (Å²) in [4.78, 5) is 0. The second kappa shape index (κ2) is 4.44. The summed E-state index contributed by atoms with van der Waals surface area (Å²) in [6.45, 7) is 0. The van der Waals surface area contributed by atoms with Crippen LogP contribution in [0.1, 0.15) is 0 Å². The van der Waals surface area contributed by atoms with Gasteiger partial charge in [-0.2, -0.15) is 0 Å². The minimum absolute atomic E-state index is 0.540. The summed E-state index contributed by atoms with van der Waals surface area (Å²) in [6, 6.07) is 13.8. The fourth-order valence-corrected chi connectivity index (χ4v) is 1.92. The molecular formula is C12H6Cl3. The molecule has 2 aromatic rings. The van der Waals surface area contributed by atoms with Gasteiger partial charge in [0.1, 0.15) is 0 Å². The Bertz CT molecular complexity index is 492. The van der Waals surface area contributed by atoms with E-state index in [1.165, 1.54) is 0 Å². The quantitative estimate of drug-likeness (QED) is 0.665. The highest BCUT2D eigenvalue weighted by Crippen LogP contribution is 2.33. The summed E-state index contributed by atoms with van der Waals surface area (Å²) in [5.41, 5.74) is 1.81. The first-order chi connectivity index (χ1) is 7.18. The molecule has 0 bridgehead atoms. The van der Waals surface area contributed by atoms with E-state index in [-0.39, 0.29) is 0 Å². The van der Waals surface area contributed by atoms with Crippen molar-refractivity contribution in [3.8, 4) is 11.1 Å². The van der Waals surface area contributed by atoms with Crippen LogP contribution in [0, 0.1) is 6.07 Å². The minimum atomic E-state index is 0.540. The molecule has 0 aliphatic carbocycles. The van der Waals surface area contributed by atoms with E-state index in [9.17, 15) is 0 Å². The molecular weight excluding hydrogens is 250 g/mol. The van der Waals surface area contributed by atoms with E-state index in [1.807, 2.05) is 18.2 Å². The Labute approximate surface area is 103 Å². The predicted octanol–water partition coefficient (Wildman–Crippen LogP) is 5.11. The van der Waals surface area contributed by atoms with Gasteiger partial charge in [-0.05, 0) is 17.7 Å². The van der Waals surface area contributed by atoms with Gasteiger partial charge in [-0.15, -0.1) is 0 Å². The Hall–Kier alpha value is -0.690. The molecule has 15 heavy (non-hydrogen) atoms. The van der Waals surface area contributed by atoms with Gasteiger partial charge in [0, 0.05) is 16.7 Å². The largest absolute Gasteiger partial charge is 0.0836 e. The summed E-state index contributed by atoms with van der Waals surface area (Å²) in [5, 5.41) is 1.64. The van der Waals surface area contributed by atoms with Crippen LogP contribution in [0.5, 0.6) is 0 Å². The zero-order valence-corrected chi connectivity index (χ0v) is 9.87. The smallest absolute Gasteiger partial charge is 0.0670 e. The van der Waals surface area contributed by atoms with Crippen molar-refractivity contribution in [1.29, 1.82) is 0 Å². The molecule has 75 valence electrons. The number of hydrogen-bond donors (Lipinski definition) is 0. The Kier molecular flexibility index (Phi) is 3.20. The zero-order chi connectivity index (χ0) is 10.8. The Morgan fingerprint density at radius 3 is 2.53 bits per heavy atom. The maximum atomic E-state index is 6.09. The van der Waals surface area contributed by atoms with Gasteiger partial charge in [-0.3, -0.25) is 0 Å². The lowest BCUT2D eigenvalue weighted by Crippen LogP contribution is -1.80. The van der Waals surface area contributed by atoms with Crippen molar-refractivity contribution in [1.82, 2.24) is 0 Å². The topological polar surface area (TPSA) is 0 Å². The summed E-state index contributed by atoms with van der Waals surface area (Å²) in [6.07, 6.45) is 0. The molecule has 3 heteroatoms. The third-order valence-corrected chi connectivity index (χ3v) is 3.07. The summed E-state index contributed by atoms with van der Waals surface area (Å²) < 4.78 is 0. The molecule has 0 spiro atoms. The van der Waals surface area contributed by atoms with Crippen molar-refractivity contribution in [3.05, 3.63) is 57.5 Å². The second-order valence-electron chi connectivity index (χ2n) is 3.03. The predicted molar refractivity (Wildman–Crippen MR) is 65.7 cm³/mol. The molecule has 0 fully saturated rings. The van der Waals surface area contributed by atoms with Crippen LogP contribution in [-0.2, 0) is 0 Å². The van der Waals surface area contributed by atoms with E-state index in [1.54, 1.807) is 18.2 Å². The fraction of sp³-hybridized carbons (Fsp3) is 0. The van der Waals surface area contributed by atoms with Gasteiger partial charge >= 0.3 is 0 Å².